The van der Waals surface area contributed by atoms with Crippen molar-refractivity contribution in [3.63, 3.8) is 0 Å². The molecule has 1 aromatic rings. The van der Waals surface area contributed by atoms with Crippen LogP contribution in [0.5, 0.6) is 0 Å². The summed E-state index contributed by atoms with van der Waals surface area (Å²) in [5.41, 5.74) is 4.97. The summed E-state index contributed by atoms with van der Waals surface area (Å²) in [6, 6.07) is 4.48. The summed E-state index contributed by atoms with van der Waals surface area (Å²) in [5.74, 6) is -0.401. The van der Waals surface area contributed by atoms with Gasteiger partial charge in [-0.3, -0.25) is 0 Å². The Morgan fingerprint density at radius 1 is 1.62 bits per heavy atom. The van der Waals surface area contributed by atoms with Crippen LogP contribution in [0.4, 0.5) is 4.39 Å². The van der Waals surface area contributed by atoms with Gasteiger partial charge in [-0.15, -0.1) is 0 Å². The van der Waals surface area contributed by atoms with Crippen LogP contribution in [0.3, 0.4) is 0 Å². The molecule has 0 aromatic heterocycles. The van der Waals surface area contributed by atoms with E-state index in [4.69, 9.17) is 10.8 Å². The third-order valence-electron chi connectivity index (χ3n) is 1.87. The molecule has 0 aliphatic heterocycles. The highest BCUT2D eigenvalue weighted by atomic mass is 79.9. The van der Waals surface area contributed by atoms with Crippen molar-refractivity contribution >= 4 is 15.9 Å². The Morgan fingerprint density at radius 3 is 2.77 bits per heavy atom. The maximum atomic E-state index is 13.2. The van der Waals surface area contributed by atoms with Gasteiger partial charge in [0, 0.05) is 10.0 Å². The second-order valence-electron chi connectivity index (χ2n) is 3.20. The van der Waals surface area contributed by atoms with Crippen molar-refractivity contribution in [3.8, 4) is 0 Å². The lowest BCUT2D eigenvalue weighted by Gasteiger charge is -2.22. The molecule has 1 atom stereocenters. The SMILES string of the molecule is C[C@@](N)(CO)c1cc(Br)ccc1F. The van der Waals surface area contributed by atoms with Crippen molar-refractivity contribution in [1.82, 2.24) is 0 Å². The lowest BCUT2D eigenvalue weighted by atomic mass is 9.94. The highest BCUT2D eigenvalue weighted by molar-refractivity contribution is 9.10. The van der Waals surface area contributed by atoms with Gasteiger partial charge in [-0.2, -0.15) is 0 Å². The van der Waals surface area contributed by atoms with Crippen LogP contribution in [-0.4, -0.2) is 11.7 Å². The van der Waals surface area contributed by atoms with E-state index >= 15 is 0 Å². The minimum absolute atomic E-state index is 0.291. The Bertz CT molecular complexity index is 314. The second-order valence-corrected chi connectivity index (χ2v) is 4.12. The van der Waals surface area contributed by atoms with Crippen LogP contribution in [0.2, 0.25) is 0 Å². The molecule has 0 saturated heterocycles. The van der Waals surface area contributed by atoms with Crippen LogP contribution >= 0.6 is 15.9 Å². The fraction of sp³-hybridized carbons (Fsp3) is 0.333. The number of nitrogens with two attached hydrogens (primary N) is 1. The van der Waals surface area contributed by atoms with Crippen LogP contribution in [0.25, 0.3) is 0 Å². The van der Waals surface area contributed by atoms with E-state index in [0.29, 0.717) is 5.56 Å². The first kappa shape index (κ1) is 10.6. The van der Waals surface area contributed by atoms with E-state index in [1.165, 1.54) is 6.07 Å². The fourth-order valence-corrected chi connectivity index (χ4v) is 1.38. The molecule has 0 amide bonds. The number of hydrogen-bond donors (Lipinski definition) is 2. The highest BCUT2D eigenvalue weighted by Gasteiger charge is 2.23. The Hall–Kier alpha value is -0.450. The van der Waals surface area contributed by atoms with Crippen molar-refractivity contribution in [3.05, 3.63) is 34.1 Å². The molecule has 0 bridgehead atoms. The summed E-state index contributed by atoms with van der Waals surface area (Å²) >= 11 is 3.21. The lowest BCUT2D eigenvalue weighted by molar-refractivity contribution is 0.206. The van der Waals surface area contributed by atoms with Crippen molar-refractivity contribution in [2.75, 3.05) is 6.61 Å². The summed E-state index contributed by atoms with van der Waals surface area (Å²) in [5, 5.41) is 8.96. The topological polar surface area (TPSA) is 46.2 Å². The van der Waals surface area contributed by atoms with Crippen LogP contribution < -0.4 is 5.73 Å². The zero-order chi connectivity index (χ0) is 10.1. The summed E-state index contributed by atoms with van der Waals surface area (Å²) in [7, 11) is 0. The first-order valence-corrected chi connectivity index (χ1v) is 4.62. The molecule has 1 rings (SSSR count). The summed E-state index contributed by atoms with van der Waals surface area (Å²) in [4.78, 5) is 0. The number of rotatable bonds is 2. The minimum Gasteiger partial charge on any atom is -0.394 e. The highest BCUT2D eigenvalue weighted by Crippen LogP contribution is 2.24. The molecule has 0 heterocycles. The van der Waals surface area contributed by atoms with Gasteiger partial charge in [-0.25, -0.2) is 4.39 Å². The van der Waals surface area contributed by atoms with Crippen molar-refractivity contribution < 1.29 is 9.50 Å². The Kier molecular flexibility index (Phi) is 3.05. The van der Waals surface area contributed by atoms with Crippen molar-refractivity contribution in [2.45, 2.75) is 12.5 Å². The maximum Gasteiger partial charge on any atom is 0.128 e. The molecule has 0 radical (unpaired) electrons. The molecule has 0 aliphatic carbocycles. The first-order valence-electron chi connectivity index (χ1n) is 3.82. The van der Waals surface area contributed by atoms with E-state index in [-0.39, 0.29) is 6.61 Å². The minimum atomic E-state index is -1.03. The van der Waals surface area contributed by atoms with Gasteiger partial charge in [0.05, 0.1) is 12.1 Å². The molecular formula is C9H11BrFNO. The largest absolute Gasteiger partial charge is 0.394 e. The fourth-order valence-electron chi connectivity index (χ4n) is 1.02. The van der Waals surface area contributed by atoms with Crippen LogP contribution in [-0.2, 0) is 5.54 Å². The van der Waals surface area contributed by atoms with Crippen LogP contribution in [0.1, 0.15) is 12.5 Å². The van der Waals surface area contributed by atoms with Gasteiger partial charge >= 0.3 is 0 Å². The van der Waals surface area contributed by atoms with E-state index in [1.807, 2.05) is 0 Å². The second kappa shape index (κ2) is 3.74. The standard InChI is InChI=1S/C9H11BrFNO/c1-9(12,5-13)7-4-6(10)2-3-8(7)11/h2-4,13H,5,12H2,1H3/t9-/m1/s1. The van der Waals surface area contributed by atoms with Gasteiger partial charge in [-0.05, 0) is 25.1 Å². The molecule has 0 spiro atoms. The van der Waals surface area contributed by atoms with Crippen LogP contribution in [0, 0.1) is 5.82 Å². The van der Waals surface area contributed by atoms with Crippen LogP contribution in [0.15, 0.2) is 22.7 Å². The number of hydrogen-bond acceptors (Lipinski definition) is 2. The first-order chi connectivity index (χ1) is 5.97. The molecule has 3 N–H and O–H groups in total. The van der Waals surface area contributed by atoms with Gasteiger partial charge in [0.2, 0.25) is 0 Å². The summed E-state index contributed by atoms with van der Waals surface area (Å²) < 4.78 is 14.0. The zero-order valence-corrected chi connectivity index (χ0v) is 8.81. The smallest absolute Gasteiger partial charge is 0.128 e. The molecule has 0 fully saturated rings. The Morgan fingerprint density at radius 2 is 2.23 bits per heavy atom. The van der Waals surface area contributed by atoms with Gasteiger partial charge in [0.1, 0.15) is 5.82 Å². The molecule has 13 heavy (non-hydrogen) atoms. The lowest BCUT2D eigenvalue weighted by Crippen LogP contribution is -2.37. The van der Waals surface area contributed by atoms with E-state index < -0.39 is 11.4 Å². The van der Waals surface area contributed by atoms with Crippen molar-refractivity contribution in [1.29, 1.82) is 0 Å². The van der Waals surface area contributed by atoms with Gasteiger partial charge in [0.25, 0.3) is 0 Å². The van der Waals surface area contributed by atoms with Crippen molar-refractivity contribution in [2.24, 2.45) is 5.73 Å². The Labute approximate surface area is 84.7 Å². The van der Waals surface area contributed by atoms with Gasteiger partial charge in [0.15, 0.2) is 0 Å². The average Bonchev–Trinajstić information content (AvgIpc) is 2.09. The third kappa shape index (κ3) is 2.27. The average molecular weight is 248 g/mol. The van der Waals surface area contributed by atoms with Gasteiger partial charge in [-0.1, -0.05) is 15.9 Å². The quantitative estimate of drug-likeness (QED) is 0.837. The van der Waals surface area contributed by atoms with E-state index in [1.54, 1.807) is 19.1 Å². The molecular weight excluding hydrogens is 237 g/mol. The zero-order valence-electron chi connectivity index (χ0n) is 7.22. The molecule has 0 unspecified atom stereocenters. The summed E-state index contributed by atoms with van der Waals surface area (Å²) in [6.45, 7) is 1.29. The molecule has 1 aromatic carbocycles. The third-order valence-corrected chi connectivity index (χ3v) is 2.37. The van der Waals surface area contributed by atoms with Gasteiger partial charge < -0.3 is 10.8 Å². The summed E-state index contributed by atoms with van der Waals surface area (Å²) in [6.07, 6.45) is 0. The number of aliphatic hydroxyl groups excluding tert-OH is 1. The van der Waals surface area contributed by atoms with E-state index in [2.05, 4.69) is 15.9 Å². The molecule has 0 aliphatic rings. The molecule has 72 valence electrons. The predicted octanol–water partition coefficient (Wildman–Crippen LogP) is 1.75. The predicted molar refractivity (Wildman–Crippen MR) is 52.7 cm³/mol. The monoisotopic (exact) mass is 247 g/mol. The van der Waals surface area contributed by atoms with E-state index in [0.717, 1.165) is 4.47 Å². The molecule has 2 nitrogen and oxygen atoms in total. The molecule has 4 heteroatoms. The molecule has 0 saturated carbocycles. The number of benzene rings is 1. The number of aliphatic hydroxyl groups is 1. The maximum absolute atomic E-state index is 13.2. The Balaban J connectivity index is 3.20. The number of halogens is 2. The van der Waals surface area contributed by atoms with E-state index in [9.17, 15) is 4.39 Å². The normalized spacial score (nSPS) is 15.5.